The second-order valence-electron chi connectivity index (χ2n) is 6.24. The summed E-state index contributed by atoms with van der Waals surface area (Å²) in [6.07, 6.45) is 0. The summed E-state index contributed by atoms with van der Waals surface area (Å²) in [7, 11) is 0. The monoisotopic (exact) mass is 297 g/mol. The van der Waals surface area contributed by atoms with Gasteiger partial charge in [-0.3, -0.25) is 0 Å². The molecule has 0 saturated carbocycles. The van der Waals surface area contributed by atoms with E-state index in [1.54, 1.807) is 0 Å². The van der Waals surface area contributed by atoms with Gasteiger partial charge in [-0.05, 0) is 58.1 Å². The fourth-order valence-electron chi connectivity index (χ4n) is 3.46. The van der Waals surface area contributed by atoms with Gasteiger partial charge >= 0.3 is 0 Å². The van der Waals surface area contributed by atoms with Gasteiger partial charge in [0.15, 0.2) is 0 Å². The quantitative estimate of drug-likeness (QED) is 0.438. The first-order valence-corrected chi connectivity index (χ1v) is 7.93. The lowest BCUT2D eigenvalue weighted by atomic mass is 9.90. The van der Waals surface area contributed by atoms with Crippen LogP contribution in [0.4, 0.5) is 5.69 Å². The van der Waals surface area contributed by atoms with E-state index in [9.17, 15) is 0 Å². The molecule has 0 saturated heterocycles. The Morgan fingerprint density at radius 3 is 2.04 bits per heavy atom. The first kappa shape index (κ1) is 13.8. The van der Waals surface area contributed by atoms with Gasteiger partial charge in [0, 0.05) is 11.3 Å². The molecule has 4 aromatic rings. The molecule has 0 bridgehead atoms. The lowest BCUT2D eigenvalue weighted by Gasteiger charge is -2.16. The molecule has 0 aliphatic rings. The minimum absolute atomic E-state index is 0.874. The molecule has 112 valence electrons. The number of nitrogen functional groups attached to an aromatic ring is 1. The van der Waals surface area contributed by atoms with Crippen LogP contribution >= 0.6 is 0 Å². The Morgan fingerprint density at radius 1 is 0.696 bits per heavy atom. The van der Waals surface area contributed by atoms with Gasteiger partial charge in [0.25, 0.3) is 0 Å². The van der Waals surface area contributed by atoms with E-state index in [0.717, 1.165) is 16.8 Å². The summed E-state index contributed by atoms with van der Waals surface area (Å²) in [4.78, 5) is 0. The van der Waals surface area contributed by atoms with Crippen LogP contribution in [0.1, 0.15) is 11.1 Å². The van der Waals surface area contributed by atoms with Crippen molar-refractivity contribution in [1.82, 2.24) is 0 Å². The van der Waals surface area contributed by atoms with E-state index in [1.807, 2.05) is 0 Å². The maximum atomic E-state index is 6.52. The van der Waals surface area contributed by atoms with E-state index in [-0.39, 0.29) is 0 Å². The van der Waals surface area contributed by atoms with E-state index in [1.165, 1.54) is 32.7 Å². The van der Waals surface area contributed by atoms with Gasteiger partial charge in [-0.15, -0.1) is 0 Å². The Balaban J connectivity index is 2.21. The van der Waals surface area contributed by atoms with Crippen molar-refractivity contribution in [2.45, 2.75) is 13.8 Å². The molecular weight excluding hydrogens is 278 g/mol. The molecule has 0 spiro atoms. The maximum absolute atomic E-state index is 6.52. The molecule has 0 unspecified atom stereocenters. The topological polar surface area (TPSA) is 26.0 Å². The van der Waals surface area contributed by atoms with Crippen LogP contribution in [0.3, 0.4) is 0 Å². The van der Waals surface area contributed by atoms with Gasteiger partial charge in [-0.2, -0.15) is 0 Å². The zero-order chi connectivity index (χ0) is 16.0. The average Bonchev–Trinajstić information content (AvgIpc) is 2.55. The number of hydrogen-bond donors (Lipinski definition) is 1. The zero-order valence-electron chi connectivity index (χ0n) is 13.4. The second kappa shape index (κ2) is 5.13. The third-order valence-corrected chi connectivity index (χ3v) is 4.57. The van der Waals surface area contributed by atoms with Crippen molar-refractivity contribution >= 4 is 27.2 Å². The average molecular weight is 297 g/mol. The number of anilines is 1. The Kier molecular flexibility index (Phi) is 3.09. The van der Waals surface area contributed by atoms with Crippen molar-refractivity contribution < 1.29 is 0 Å². The van der Waals surface area contributed by atoms with Crippen LogP contribution in [0.25, 0.3) is 32.7 Å². The van der Waals surface area contributed by atoms with Gasteiger partial charge < -0.3 is 5.73 Å². The summed E-state index contributed by atoms with van der Waals surface area (Å²) in [5.74, 6) is 0. The summed E-state index contributed by atoms with van der Waals surface area (Å²) >= 11 is 0. The largest absolute Gasteiger partial charge is 0.398 e. The maximum Gasteiger partial charge on any atom is 0.0430 e. The highest BCUT2D eigenvalue weighted by Gasteiger charge is 2.13. The lowest BCUT2D eigenvalue weighted by Crippen LogP contribution is -1.96. The van der Waals surface area contributed by atoms with Crippen LogP contribution < -0.4 is 5.73 Å². The SMILES string of the molecule is Cc1cc(-c2c(N)c(C)cc3ccccc23)c2ccccc2c1. The summed E-state index contributed by atoms with van der Waals surface area (Å²) in [6, 6.07) is 23.7. The molecule has 0 radical (unpaired) electrons. The van der Waals surface area contributed by atoms with Crippen LogP contribution in [0.15, 0.2) is 66.7 Å². The van der Waals surface area contributed by atoms with Crippen LogP contribution in [-0.4, -0.2) is 0 Å². The highest BCUT2D eigenvalue weighted by atomic mass is 14.6. The number of benzene rings is 4. The second-order valence-corrected chi connectivity index (χ2v) is 6.24. The molecular formula is C22H19N. The smallest absolute Gasteiger partial charge is 0.0430 e. The summed E-state index contributed by atoms with van der Waals surface area (Å²) in [5, 5.41) is 4.96. The summed E-state index contributed by atoms with van der Waals surface area (Å²) in [5.41, 5.74) is 12.2. The minimum Gasteiger partial charge on any atom is -0.398 e. The number of rotatable bonds is 1. The standard InChI is InChI=1S/C22H19N/c1-14-11-16-7-3-5-9-18(16)20(12-14)21-19-10-6-4-8-17(19)13-15(2)22(21)23/h3-13H,23H2,1-2H3. The first-order valence-electron chi connectivity index (χ1n) is 7.93. The van der Waals surface area contributed by atoms with Crippen LogP contribution in [0.5, 0.6) is 0 Å². The molecule has 0 heterocycles. The Hall–Kier alpha value is -2.80. The van der Waals surface area contributed by atoms with E-state index in [4.69, 9.17) is 5.73 Å². The van der Waals surface area contributed by atoms with E-state index < -0.39 is 0 Å². The predicted octanol–water partition coefficient (Wildman–Crippen LogP) is 5.86. The first-order chi connectivity index (χ1) is 11.1. The molecule has 0 aromatic heterocycles. The van der Waals surface area contributed by atoms with Gasteiger partial charge in [-0.25, -0.2) is 0 Å². The van der Waals surface area contributed by atoms with Gasteiger partial charge in [0.2, 0.25) is 0 Å². The summed E-state index contributed by atoms with van der Waals surface area (Å²) in [6.45, 7) is 4.23. The van der Waals surface area contributed by atoms with E-state index >= 15 is 0 Å². The van der Waals surface area contributed by atoms with Crippen molar-refractivity contribution in [3.05, 3.63) is 77.9 Å². The van der Waals surface area contributed by atoms with E-state index in [2.05, 4.69) is 80.6 Å². The number of hydrogen-bond acceptors (Lipinski definition) is 1. The van der Waals surface area contributed by atoms with Crippen LogP contribution in [-0.2, 0) is 0 Å². The highest BCUT2D eigenvalue weighted by molar-refractivity contribution is 6.10. The van der Waals surface area contributed by atoms with Crippen LogP contribution in [0, 0.1) is 13.8 Å². The Morgan fingerprint density at radius 2 is 1.30 bits per heavy atom. The molecule has 0 aliphatic heterocycles. The fourth-order valence-corrected chi connectivity index (χ4v) is 3.46. The number of fused-ring (bicyclic) bond motifs is 2. The van der Waals surface area contributed by atoms with Crippen molar-refractivity contribution in [2.75, 3.05) is 5.73 Å². The molecule has 1 nitrogen and oxygen atoms in total. The number of nitrogens with two attached hydrogens (primary N) is 1. The highest BCUT2D eigenvalue weighted by Crippen LogP contribution is 2.40. The summed E-state index contributed by atoms with van der Waals surface area (Å²) < 4.78 is 0. The van der Waals surface area contributed by atoms with Crippen molar-refractivity contribution in [2.24, 2.45) is 0 Å². The van der Waals surface area contributed by atoms with Crippen LogP contribution in [0.2, 0.25) is 0 Å². The third kappa shape index (κ3) is 2.17. The van der Waals surface area contributed by atoms with Crippen molar-refractivity contribution in [1.29, 1.82) is 0 Å². The Bertz CT molecular complexity index is 1040. The predicted molar refractivity (Wildman–Crippen MR) is 101 cm³/mol. The molecule has 0 aliphatic carbocycles. The molecule has 4 rings (SSSR count). The van der Waals surface area contributed by atoms with Gasteiger partial charge in [0.1, 0.15) is 0 Å². The fraction of sp³-hybridized carbons (Fsp3) is 0.0909. The van der Waals surface area contributed by atoms with Crippen molar-refractivity contribution in [3.8, 4) is 11.1 Å². The molecule has 0 atom stereocenters. The van der Waals surface area contributed by atoms with Gasteiger partial charge in [-0.1, -0.05) is 60.7 Å². The zero-order valence-corrected chi connectivity index (χ0v) is 13.4. The van der Waals surface area contributed by atoms with Crippen molar-refractivity contribution in [3.63, 3.8) is 0 Å². The molecule has 0 fully saturated rings. The Labute approximate surface area is 136 Å². The van der Waals surface area contributed by atoms with Gasteiger partial charge in [0.05, 0.1) is 0 Å². The molecule has 4 aromatic carbocycles. The molecule has 0 amide bonds. The molecule has 1 heteroatoms. The lowest BCUT2D eigenvalue weighted by molar-refractivity contribution is 1.48. The minimum atomic E-state index is 0.874. The van der Waals surface area contributed by atoms with E-state index in [0.29, 0.717) is 0 Å². The molecule has 2 N–H and O–H groups in total. The number of aryl methyl sites for hydroxylation is 2. The normalized spacial score (nSPS) is 11.2. The molecule has 23 heavy (non-hydrogen) atoms. The third-order valence-electron chi connectivity index (χ3n) is 4.57.